The van der Waals surface area contributed by atoms with Gasteiger partial charge in [-0.3, -0.25) is 4.90 Å². The average molecular weight is 252 g/mol. The fourth-order valence-electron chi connectivity index (χ4n) is 3.97. The van der Waals surface area contributed by atoms with Gasteiger partial charge in [-0.15, -0.1) is 0 Å². The second-order valence-electron chi connectivity index (χ2n) is 7.19. The minimum atomic E-state index is 0.458. The quantitative estimate of drug-likeness (QED) is 0.826. The highest BCUT2D eigenvalue weighted by Gasteiger charge is 2.37. The monoisotopic (exact) mass is 252 g/mol. The van der Waals surface area contributed by atoms with E-state index in [1.165, 1.54) is 51.7 Å². The van der Waals surface area contributed by atoms with Gasteiger partial charge >= 0.3 is 0 Å². The van der Waals surface area contributed by atoms with Crippen LogP contribution >= 0.6 is 0 Å². The topological polar surface area (TPSA) is 15.3 Å². The molecule has 2 aliphatic rings. The number of piperidine rings is 1. The largest absolute Gasteiger partial charge is 0.316 e. The molecule has 0 radical (unpaired) electrons. The summed E-state index contributed by atoms with van der Waals surface area (Å²) in [5.74, 6) is 0.858. The lowest BCUT2D eigenvalue weighted by Crippen LogP contribution is -2.47. The van der Waals surface area contributed by atoms with Gasteiger partial charge < -0.3 is 5.32 Å². The smallest absolute Gasteiger partial charge is 0.00962 e. The summed E-state index contributed by atoms with van der Waals surface area (Å²) in [6.45, 7) is 13.5. The lowest BCUT2D eigenvalue weighted by Gasteiger charge is -2.42. The van der Waals surface area contributed by atoms with E-state index < -0.39 is 0 Å². The van der Waals surface area contributed by atoms with Gasteiger partial charge in [0.2, 0.25) is 0 Å². The van der Waals surface area contributed by atoms with Crippen LogP contribution in [-0.2, 0) is 0 Å². The first kappa shape index (κ1) is 14.3. The van der Waals surface area contributed by atoms with Crippen molar-refractivity contribution >= 4 is 0 Å². The molecule has 1 N–H and O–H groups in total. The van der Waals surface area contributed by atoms with Crippen LogP contribution in [0.1, 0.15) is 59.8 Å². The van der Waals surface area contributed by atoms with Crippen LogP contribution in [0, 0.1) is 11.3 Å². The summed E-state index contributed by atoms with van der Waals surface area (Å²) in [7, 11) is 0. The molecule has 0 bridgehead atoms. The molecule has 0 spiro atoms. The van der Waals surface area contributed by atoms with E-state index in [2.05, 4.69) is 37.9 Å². The number of hydrogen-bond donors (Lipinski definition) is 1. The molecule has 2 rings (SSSR count). The van der Waals surface area contributed by atoms with Crippen LogP contribution in [0.3, 0.4) is 0 Å². The van der Waals surface area contributed by atoms with E-state index in [1.807, 2.05) is 0 Å². The molecule has 2 aliphatic heterocycles. The van der Waals surface area contributed by atoms with Gasteiger partial charge in [-0.2, -0.15) is 0 Å². The highest BCUT2D eigenvalue weighted by atomic mass is 15.2. The van der Waals surface area contributed by atoms with Crippen molar-refractivity contribution in [2.24, 2.45) is 11.3 Å². The Morgan fingerprint density at radius 1 is 1.22 bits per heavy atom. The molecule has 3 unspecified atom stereocenters. The maximum atomic E-state index is 3.58. The summed E-state index contributed by atoms with van der Waals surface area (Å²) in [5.41, 5.74) is 0.458. The van der Waals surface area contributed by atoms with Gasteiger partial charge in [0, 0.05) is 18.6 Å². The Morgan fingerprint density at radius 3 is 2.61 bits per heavy atom. The maximum Gasteiger partial charge on any atom is 0.00962 e. The van der Waals surface area contributed by atoms with Gasteiger partial charge in [-0.25, -0.2) is 0 Å². The normalized spacial score (nSPS) is 35.0. The van der Waals surface area contributed by atoms with Crippen molar-refractivity contribution in [3.8, 4) is 0 Å². The Kier molecular flexibility index (Phi) is 4.71. The molecular formula is C16H32N2. The summed E-state index contributed by atoms with van der Waals surface area (Å²) < 4.78 is 0. The zero-order valence-electron chi connectivity index (χ0n) is 12.8. The van der Waals surface area contributed by atoms with Crippen molar-refractivity contribution in [1.29, 1.82) is 0 Å². The van der Waals surface area contributed by atoms with Crippen molar-refractivity contribution in [2.75, 3.05) is 19.6 Å². The molecule has 18 heavy (non-hydrogen) atoms. The third kappa shape index (κ3) is 3.08. The van der Waals surface area contributed by atoms with Gasteiger partial charge in [0.15, 0.2) is 0 Å². The minimum absolute atomic E-state index is 0.458. The highest BCUT2D eigenvalue weighted by Crippen LogP contribution is 2.36. The van der Waals surface area contributed by atoms with Crippen molar-refractivity contribution in [3.63, 3.8) is 0 Å². The summed E-state index contributed by atoms with van der Waals surface area (Å²) in [5, 5.41) is 3.58. The van der Waals surface area contributed by atoms with E-state index in [0.29, 0.717) is 5.41 Å². The molecule has 0 aromatic heterocycles. The van der Waals surface area contributed by atoms with E-state index in [0.717, 1.165) is 18.0 Å². The molecule has 0 amide bonds. The SMILES string of the molecule is CCC1CCC(C)N1CC(C)(C)C1CCCNC1. The van der Waals surface area contributed by atoms with E-state index in [1.54, 1.807) is 0 Å². The third-order valence-corrected chi connectivity index (χ3v) is 5.42. The molecule has 2 heterocycles. The molecule has 0 aliphatic carbocycles. The van der Waals surface area contributed by atoms with Crippen molar-refractivity contribution in [1.82, 2.24) is 10.2 Å². The first-order chi connectivity index (χ1) is 8.54. The number of hydrogen-bond acceptors (Lipinski definition) is 2. The number of nitrogens with one attached hydrogen (secondary N) is 1. The Morgan fingerprint density at radius 2 is 2.00 bits per heavy atom. The molecule has 2 saturated heterocycles. The second-order valence-corrected chi connectivity index (χ2v) is 7.19. The number of rotatable bonds is 4. The molecule has 3 atom stereocenters. The lowest BCUT2D eigenvalue weighted by atomic mass is 9.74. The van der Waals surface area contributed by atoms with Crippen molar-refractivity contribution in [3.05, 3.63) is 0 Å². The first-order valence-corrected chi connectivity index (χ1v) is 8.01. The second kappa shape index (κ2) is 5.92. The zero-order chi connectivity index (χ0) is 13.2. The lowest BCUT2D eigenvalue weighted by molar-refractivity contribution is 0.0731. The number of nitrogens with zero attached hydrogens (tertiary/aromatic N) is 1. The van der Waals surface area contributed by atoms with E-state index in [9.17, 15) is 0 Å². The molecule has 0 aromatic rings. The molecule has 2 fully saturated rings. The van der Waals surface area contributed by atoms with Crippen LogP contribution in [0.15, 0.2) is 0 Å². The van der Waals surface area contributed by atoms with Gasteiger partial charge in [0.05, 0.1) is 0 Å². The van der Waals surface area contributed by atoms with E-state index in [4.69, 9.17) is 0 Å². The summed E-state index contributed by atoms with van der Waals surface area (Å²) in [4.78, 5) is 2.80. The molecule has 106 valence electrons. The predicted molar refractivity (Wildman–Crippen MR) is 78.9 cm³/mol. The standard InChI is InChI=1S/C16H32N2/c1-5-15-9-8-13(2)18(15)12-16(3,4)14-7-6-10-17-11-14/h13-15,17H,5-12H2,1-4H3. The predicted octanol–water partition coefficient (Wildman–Crippen LogP) is 3.28. The minimum Gasteiger partial charge on any atom is -0.316 e. The number of likely N-dealkylation sites (tertiary alicyclic amines) is 1. The van der Waals surface area contributed by atoms with Gasteiger partial charge in [-0.1, -0.05) is 20.8 Å². The summed E-state index contributed by atoms with van der Waals surface area (Å²) in [6.07, 6.45) is 6.91. The maximum absolute atomic E-state index is 3.58. The summed E-state index contributed by atoms with van der Waals surface area (Å²) >= 11 is 0. The third-order valence-electron chi connectivity index (χ3n) is 5.42. The van der Waals surface area contributed by atoms with Crippen LogP contribution in [-0.4, -0.2) is 36.6 Å². The fourth-order valence-corrected chi connectivity index (χ4v) is 3.97. The molecule has 2 nitrogen and oxygen atoms in total. The van der Waals surface area contributed by atoms with Crippen LogP contribution in [0.25, 0.3) is 0 Å². The van der Waals surface area contributed by atoms with Gasteiger partial charge in [-0.05, 0) is 63.5 Å². The zero-order valence-corrected chi connectivity index (χ0v) is 12.8. The first-order valence-electron chi connectivity index (χ1n) is 8.01. The molecule has 0 saturated carbocycles. The van der Waals surface area contributed by atoms with Crippen molar-refractivity contribution < 1.29 is 0 Å². The van der Waals surface area contributed by atoms with E-state index >= 15 is 0 Å². The Labute approximate surface area is 114 Å². The van der Waals surface area contributed by atoms with Crippen LogP contribution in [0.2, 0.25) is 0 Å². The highest BCUT2D eigenvalue weighted by molar-refractivity contribution is 4.91. The Hall–Kier alpha value is -0.0800. The van der Waals surface area contributed by atoms with E-state index in [-0.39, 0.29) is 0 Å². The van der Waals surface area contributed by atoms with Crippen LogP contribution in [0.4, 0.5) is 0 Å². The Balaban J connectivity index is 1.97. The molecular weight excluding hydrogens is 220 g/mol. The van der Waals surface area contributed by atoms with Crippen molar-refractivity contribution in [2.45, 2.75) is 71.9 Å². The summed E-state index contributed by atoms with van der Waals surface area (Å²) in [6, 6.07) is 1.64. The Bertz CT molecular complexity index is 256. The average Bonchev–Trinajstić information content (AvgIpc) is 2.71. The molecule has 2 heteroatoms. The van der Waals surface area contributed by atoms with Gasteiger partial charge in [0.25, 0.3) is 0 Å². The fraction of sp³-hybridized carbons (Fsp3) is 1.00. The van der Waals surface area contributed by atoms with Gasteiger partial charge in [0.1, 0.15) is 0 Å². The molecule has 0 aromatic carbocycles. The van der Waals surface area contributed by atoms with Crippen LogP contribution < -0.4 is 5.32 Å². The van der Waals surface area contributed by atoms with Crippen LogP contribution in [0.5, 0.6) is 0 Å².